The normalized spacial score (nSPS) is 36.1. The zero-order chi connectivity index (χ0) is 15.7. The molecule has 20 heavy (non-hydrogen) atoms. The molecular weight excluding hydrogens is 256 g/mol. The van der Waals surface area contributed by atoms with Crippen LogP contribution in [0.15, 0.2) is 0 Å². The van der Waals surface area contributed by atoms with Crippen LogP contribution in [0.4, 0.5) is 0 Å². The summed E-state index contributed by atoms with van der Waals surface area (Å²) in [7, 11) is 0. The van der Waals surface area contributed by atoms with Gasteiger partial charge in [0, 0.05) is 5.92 Å². The van der Waals surface area contributed by atoms with Crippen LogP contribution < -0.4 is 0 Å². The molecule has 2 unspecified atom stereocenters. The highest BCUT2D eigenvalue weighted by atomic mass is 16.5. The molecule has 0 bridgehead atoms. The van der Waals surface area contributed by atoms with Gasteiger partial charge in [-0.2, -0.15) is 0 Å². The van der Waals surface area contributed by atoms with Gasteiger partial charge in [-0.1, -0.05) is 41.5 Å². The maximum Gasteiger partial charge on any atom is 0.106 e. The first-order valence-electron chi connectivity index (χ1n) is 7.57. The summed E-state index contributed by atoms with van der Waals surface area (Å²) in [6, 6.07) is 0. The summed E-state index contributed by atoms with van der Waals surface area (Å²) >= 11 is 0. The molecule has 5 atom stereocenters. The van der Waals surface area contributed by atoms with E-state index >= 15 is 0 Å². The van der Waals surface area contributed by atoms with Crippen LogP contribution in [0.5, 0.6) is 0 Å². The minimum Gasteiger partial charge on any atom is -0.394 e. The molecule has 1 aliphatic rings. The van der Waals surface area contributed by atoms with Crippen molar-refractivity contribution in [2.24, 2.45) is 16.7 Å². The molecule has 0 saturated carbocycles. The SMILES string of the molecule is CC(C)(C)C[C@@H]1OC(CO)[C@@H](CC(C)(C)C)[C@H](O)C1O. The second-order valence-electron chi connectivity index (χ2n) is 8.57. The highest BCUT2D eigenvalue weighted by molar-refractivity contribution is 4.94. The summed E-state index contributed by atoms with van der Waals surface area (Å²) in [4.78, 5) is 0. The number of hydrogen-bond donors (Lipinski definition) is 3. The van der Waals surface area contributed by atoms with Crippen molar-refractivity contribution < 1.29 is 20.1 Å². The smallest absolute Gasteiger partial charge is 0.106 e. The molecule has 0 spiro atoms. The standard InChI is InChI=1S/C16H32O4/c1-15(2,3)7-10-12(9-17)20-11(8-16(4,5)6)14(19)13(10)18/h10-14,17-19H,7-9H2,1-6H3/t10-,11+,12?,13+,14?/m1/s1. The Morgan fingerprint density at radius 1 is 0.800 bits per heavy atom. The summed E-state index contributed by atoms with van der Waals surface area (Å²) in [6.07, 6.45) is -1.18. The van der Waals surface area contributed by atoms with E-state index in [1.807, 2.05) is 0 Å². The van der Waals surface area contributed by atoms with E-state index in [1.54, 1.807) is 0 Å². The quantitative estimate of drug-likeness (QED) is 0.742. The first-order chi connectivity index (χ1) is 8.94. The van der Waals surface area contributed by atoms with Crippen molar-refractivity contribution in [3.05, 3.63) is 0 Å². The fourth-order valence-corrected chi connectivity index (χ4v) is 3.01. The van der Waals surface area contributed by atoms with Crippen LogP contribution in [0, 0.1) is 16.7 Å². The third-order valence-electron chi connectivity index (χ3n) is 3.84. The van der Waals surface area contributed by atoms with Gasteiger partial charge in [0.05, 0.1) is 24.9 Å². The number of ether oxygens (including phenoxy) is 1. The topological polar surface area (TPSA) is 69.9 Å². The average molecular weight is 288 g/mol. The maximum absolute atomic E-state index is 10.4. The van der Waals surface area contributed by atoms with E-state index in [9.17, 15) is 15.3 Å². The van der Waals surface area contributed by atoms with Crippen LogP contribution in [-0.2, 0) is 4.74 Å². The van der Waals surface area contributed by atoms with Gasteiger partial charge in [-0.05, 0) is 23.7 Å². The molecule has 0 radical (unpaired) electrons. The van der Waals surface area contributed by atoms with E-state index in [0.717, 1.165) is 0 Å². The summed E-state index contributed by atoms with van der Waals surface area (Å²) < 4.78 is 5.89. The molecule has 0 aromatic heterocycles. The second-order valence-corrected chi connectivity index (χ2v) is 8.57. The van der Waals surface area contributed by atoms with Gasteiger partial charge >= 0.3 is 0 Å². The molecule has 1 aliphatic heterocycles. The predicted octanol–water partition coefficient (Wildman–Crippen LogP) is 1.96. The zero-order valence-electron chi connectivity index (χ0n) is 13.8. The molecular formula is C16H32O4. The van der Waals surface area contributed by atoms with Gasteiger partial charge in [-0.15, -0.1) is 0 Å². The fourth-order valence-electron chi connectivity index (χ4n) is 3.01. The number of hydrogen-bond acceptors (Lipinski definition) is 4. The molecule has 4 heteroatoms. The van der Waals surface area contributed by atoms with Crippen molar-refractivity contribution in [1.82, 2.24) is 0 Å². The third-order valence-corrected chi connectivity index (χ3v) is 3.84. The number of aliphatic hydroxyl groups excluding tert-OH is 3. The Bertz CT molecular complexity index is 301. The Morgan fingerprint density at radius 3 is 1.70 bits per heavy atom. The summed E-state index contributed by atoms with van der Waals surface area (Å²) in [5.41, 5.74) is 0.0151. The lowest BCUT2D eigenvalue weighted by Gasteiger charge is -2.45. The van der Waals surface area contributed by atoms with Crippen molar-refractivity contribution in [2.75, 3.05) is 6.61 Å². The van der Waals surface area contributed by atoms with Crippen molar-refractivity contribution in [3.8, 4) is 0 Å². The fraction of sp³-hybridized carbons (Fsp3) is 1.00. The van der Waals surface area contributed by atoms with E-state index in [1.165, 1.54) is 0 Å². The van der Waals surface area contributed by atoms with Gasteiger partial charge in [0.25, 0.3) is 0 Å². The van der Waals surface area contributed by atoms with E-state index in [0.29, 0.717) is 12.8 Å². The van der Waals surface area contributed by atoms with E-state index < -0.39 is 24.4 Å². The van der Waals surface area contributed by atoms with Crippen molar-refractivity contribution in [2.45, 2.75) is 78.8 Å². The molecule has 1 saturated heterocycles. The minimum absolute atomic E-state index is 0.00222. The van der Waals surface area contributed by atoms with Crippen LogP contribution in [0.2, 0.25) is 0 Å². The summed E-state index contributed by atoms with van der Waals surface area (Å²) in [5.74, 6) is -0.230. The molecule has 4 nitrogen and oxygen atoms in total. The molecule has 1 fully saturated rings. The number of aliphatic hydroxyl groups is 3. The largest absolute Gasteiger partial charge is 0.394 e. The molecule has 0 amide bonds. The Kier molecular flexibility index (Phi) is 5.64. The molecule has 1 heterocycles. The molecule has 0 aromatic rings. The summed E-state index contributed by atoms with van der Waals surface area (Å²) in [5, 5.41) is 30.3. The Labute approximate surface area is 123 Å². The maximum atomic E-state index is 10.4. The average Bonchev–Trinajstić information content (AvgIpc) is 2.25. The minimum atomic E-state index is -0.885. The van der Waals surface area contributed by atoms with E-state index in [2.05, 4.69) is 41.5 Å². The predicted molar refractivity (Wildman–Crippen MR) is 79.4 cm³/mol. The lowest BCUT2D eigenvalue weighted by molar-refractivity contribution is -0.219. The van der Waals surface area contributed by atoms with Crippen LogP contribution in [-0.4, -0.2) is 46.3 Å². The third kappa shape index (κ3) is 4.99. The lowest BCUT2D eigenvalue weighted by atomic mass is 9.74. The van der Waals surface area contributed by atoms with Crippen LogP contribution in [0.25, 0.3) is 0 Å². The van der Waals surface area contributed by atoms with Crippen LogP contribution in [0.1, 0.15) is 54.4 Å². The van der Waals surface area contributed by atoms with Gasteiger partial charge in [0.1, 0.15) is 6.10 Å². The highest BCUT2D eigenvalue weighted by Gasteiger charge is 2.45. The Morgan fingerprint density at radius 2 is 1.30 bits per heavy atom. The second kappa shape index (κ2) is 6.30. The molecule has 0 aliphatic carbocycles. The highest BCUT2D eigenvalue weighted by Crippen LogP contribution is 2.38. The molecule has 3 N–H and O–H groups in total. The van der Waals surface area contributed by atoms with Gasteiger partial charge in [-0.25, -0.2) is 0 Å². The van der Waals surface area contributed by atoms with Crippen molar-refractivity contribution >= 4 is 0 Å². The van der Waals surface area contributed by atoms with Crippen LogP contribution >= 0.6 is 0 Å². The monoisotopic (exact) mass is 288 g/mol. The number of rotatable bonds is 3. The molecule has 1 rings (SSSR count). The van der Waals surface area contributed by atoms with Gasteiger partial charge < -0.3 is 20.1 Å². The first-order valence-corrected chi connectivity index (χ1v) is 7.57. The van der Waals surface area contributed by atoms with Crippen molar-refractivity contribution in [1.29, 1.82) is 0 Å². The summed E-state index contributed by atoms with van der Waals surface area (Å²) in [6.45, 7) is 12.4. The van der Waals surface area contributed by atoms with Gasteiger partial charge in [-0.3, -0.25) is 0 Å². The Hall–Kier alpha value is -0.160. The molecule has 120 valence electrons. The van der Waals surface area contributed by atoms with E-state index in [4.69, 9.17) is 4.74 Å². The van der Waals surface area contributed by atoms with Gasteiger partial charge in [0.15, 0.2) is 0 Å². The van der Waals surface area contributed by atoms with Crippen LogP contribution in [0.3, 0.4) is 0 Å². The van der Waals surface area contributed by atoms with Gasteiger partial charge in [0.2, 0.25) is 0 Å². The zero-order valence-corrected chi connectivity index (χ0v) is 13.8. The van der Waals surface area contributed by atoms with Crippen molar-refractivity contribution in [3.63, 3.8) is 0 Å². The van der Waals surface area contributed by atoms with E-state index in [-0.39, 0.29) is 23.4 Å². The molecule has 0 aromatic carbocycles. The Balaban J connectivity index is 2.84. The lowest BCUT2D eigenvalue weighted by Crippen LogP contribution is -2.56. The first kappa shape index (κ1) is 17.9.